The van der Waals surface area contributed by atoms with Crippen LogP contribution in [0.25, 0.3) is 0 Å². The van der Waals surface area contributed by atoms with Gasteiger partial charge in [-0.15, -0.1) is 0 Å². The van der Waals surface area contributed by atoms with E-state index in [9.17, 15) is 24.6 Å². The lowest BCUT2D eigenvalue weighted by molar-refractivity contribution is -0.151. The van der Waals surface area contributed by atoms with Crippen molar-refractivity contribution in [3.63, 3.8) is 0 Å². The number of aliphatic hydroxyl groups excluding tert-OH is 1. The van der Waals surface area contributed by atoms with Crippen LogP contribution in [-0.4, -0.2) is 70.5 Å². The number of likely N-dealkylation sites (tertiary alicyclic amines) is 1. The number of carbonyl (C=O) groups is 3. The van der Waals surface area contributed by atoms with Crippen LogP contribution in [-0.2, 0) is 25.7 Å². The van der Waals surface area contributed by atoms with Crippen molar-refractivity contribution in [3.05, 3.63) is 35.9 Å². The van der Waals surface area contributed by atoms with Gasteiger partial charge in [0.15, 0.2) is 0 Å². The number of benzene rings is 1. The van der Waals surface area contributed by atoms with Gasteiger partial charge < -0.3 is 25.0 Å². The molecule has 2 aliphatic rings. The van der Waals surface area contributed by atoms with Crippen LogP contribution in [0.4, 0.5) is 4.79 Å². The Labute approximate surface area is 155 Å². The molecule has 9 nitrogen and oxygen atoms in total. The molecule has 146 valence electrons. The minimum Gasteiger partial charge on any atom is -0.480 e. The van der Waals surface area contributed by atoms with Crippen molar-refractivity contribution in [2.75, 3.05) is 13.1 Å². The standard InChI is InChI=1S/C18H22N2O7/c21-12-6-14(19-8-12)17(24)27-13-7-15(16(22)23)20(9-13)18(25)26-10-11-4-2-1-3-5-11/h1-5,12-15,19,21H,6-10H2,(H,22,23)/t12-,13-,14-,15?/m1/s1. The van der Waals surface area contributed by atoms with Crippen molar-refractivity contribution in [3.8, 4) is 0 Å². The minimum absolute atomic E-state index is 0.00319. The summed E-state index contributed by atoms with van der Waals surface area (Å²) >= 11 is 0. The van der Waals surface area contributed by atoms with Crippen LogP contribution in [0.2, 0.25) is 0 Å². The van der Waals surface area contributed by atoms with E-state index in [-0.39, 0.29) is 26.0 Å². The summed E-state index contributed by atoms with van der Waals surface area (Å²) in [7, 11) is 0. The van der Waals surface area contributed by atoms with Gasteiger partial charge in [-0.3, -0.25) is 9.69 Å². The highest BCUT2D eigenvalue weighted by molar-refractivity contribution is 5.81. The number of nitrogens with zero attached hydrogens (tertiary/aromatic N) is 1. The molecule has 1 unspecified atom stereocenters. The van der Waals surface area contributed by atoms with Crippen LogP contribution in [0.5, 0.6) is 0 Å². The third-order valence-corrected chi connectivity index (χ3v) is 4.66. The largest absolute Gasteiger partial charge is 0.480 e. The Morgan fingerprint density at radius 3 is 2.56 bits per heavy atom. The van der Waals surface area contributed by atoms with E-state index in [0.29, 0.717) is 6.54 Å². The quantitative estimate of drug-likeness (QED) is 0.617. The van der Waals surface area contributed by atoms with Gasteiger partial charge in [-0.05, 0) is 5.56 Å². The Bertz CT molecular complexity index is 696. The molecule has 3 N–H and O–H groups in total. The number of aliphatic hydroxyl groups is 1. The number of carboxylic acids is 1. The summed E-state index contributed by atoms with van der Waals surface area (Å²) in [6.07, 6.45) is -1.86. The van der Waals surface area contributed by atoms with Crippen LogP contribution in [0.3, 0.4) is 0 Å². The fourth-order valence-electron chi connectivity index (χ4n) is 3.26. The summed E-state index contributed by atoms with van der Waals surface area (Å²) in [5.41, 5.74) is 0.783. The van der Waals surface area contributed by atoms with Crippen LogP contribution in [0.15, 0.2) is 30.3 Å². The fourth-order valence-corrected chi connectivity index (χ4v) is 3.26. The van der Waals surface area contributed by atoms with E-state index in [1.54, 1.807) is 12.1 Å². The minimum atomic E-state index is -1.18. The molecule has 2 saturated heterocycles. The van der Waals surface area contributed by atoms with Crippen molar-refractivity contribution < 1.29 is 34.1 Å². The molecule has 3 rings (SSSR count). The van der Waals surface area contributed by atoms with Crippen molar-refractivity contribution in [2.45, 2.75) is 43.7 Å². The first kappa shape index (κ1) is 19.1. The van der Waals surface area contributed by atoms with E-state index in [4.69, 9.17) is 9.47 Å². The summed E-state index contributed by atoms with van der Waals surface area (Å²) < 4.78 is 10.5. The van der Waals surface area contributed by atoms with E-state index in [1.807, 2.05) is 18.2 Å². The highest BCUT2D eigenvalue weighted by Gasteiger charge is 2.43. The van der Waals surface area contributed by atoms with Gasteiger partial charge in [0, 0.05) is 19.4 Å². The maximum absolute atomic E-state index is 12.3. The predicted octanol–water partition coefficient (Wildman–Crippen LogP) is 0.117. The third-order valence-electron chi connectivity index (χ3n) is 4.66. The Hall–Kier alpha value is -2.65. The van der Waals surface area contributed by atoms with E-state index in [1.165, 1.54) is 0 Å². The van der Waals surface area contributed by atoms with Gasteiger partial charge >= 0.3 is 18.0 Å². The Morgan fingerprint density at radius 1 is 1.19 bits per heavy atom. The molecule has 1 aromatic carbocycles. The maximum Gasteiger partial charge on any atom is 0.410 e. The maximum atomic E-state index is 12.3. The SMILES string of the molecule is O=C(O)C1C[C@@H](OC(=O)[C@H]2C[C@@H](O)CN2)CN1C(=O)OCc1ccccc1. The normalized spacial score (nSPS) is 27.4. The van der Waals surface area contributed by atoms with Crippen molar-refractivity contribution in [1.29, 1.82) is 0 Å². The second-order valence-electron chi connectivity index (χ2n) is 6.69. The van der Waals surface area contributed by atoms with Gasteiger partial charge in [0.25, 0.3) is 0 Å². The van der Waals surface area contributed by atoms with Gasteiger partial charge in [-0.2, -0.15) is 0 Å². The molecule has 0 saturated carbocycles. The highest BCUT2D eigenvalue weighted by atomic mass is 16.6. The molecule has 2 fully saturated rings. The number of hydrogen-bond acceptors (Lipinski definition) is 7. The molecule has 0 aliphatic carbocycles. The number of carboxylic acid groups (broad SMARTS) is 1. The number of aliphatic carboxylic acids is 1. The first-order chi connectivity index (χ1) is 12.9. The molecule has 1 aromatic rings. The third kappa shape index (κ3) is 4.75. The van der Waals surface area contributed by atoms with Gasteiger partial charge in [-0.1, -0.05) is 30.3 Å². The first-order valence-corrected chi connectivity index (χ1v) is 8.76. The number of β-amino-alcohol motifs (C(OH)–C–C–N with tert-alkyl or cyclic N) is 1. The lowest BCUT2D eigenvalue weighted by atomic mass is 10.2. The molecular weight excluding hydrogens is 356 g/mol. The molecule has 0 spiro atoms. The van der Waals surface area contributed by atoms with E-state index in [2.05, 4.69) is 5.32 Å². The summed E-state index contributed by atoms with van der Waals surface area (Å²) in [6, 6.07) is 7.30. The molecule has 0 bridgehead atoms. The van der Waals surface area contributed by atoms with Crippen molar-refractivity contribution in [2.24, 2.45) is 0 Å². The zero-order valence-electron chi connectivity index (χ0n) is 14.6. The molecule has 27 heavy (non-hydrogen) atoms. The van der Waals surface area contributed by atoms with Gasteiger partial charge in [0.05, 0.1) is 12.6 Å². The number of rotatable bonds is 5. The first-order valence-electron chi connectivity index (χ1n) is 8.76. The number of carbonyl (C=O) groups excluding carboxylic acids is 2. The van der Waals surface area contributed by atoms with Gasteiger partial charge in [0.2, 0.25) is 0 Å². The van der Waals surface area contributed by atoms with Crippen LogP contribution < -0.4 is 5.32 Å². The summed E-state index contributed by atoms with van der Waals surface area (Å²) in [5.74, 6) is -1.74. The fraction of sp³-hybridized carbons (Fsp3) is 0.500. The molecule has 0 radical (unpaired) electrons. The van der Waals surface area contributed by atoms with Crippen LogP contribution >= 0.6 is 0 Å². The molecule has 2 heterocycles. The van der Waals surface area contributed by atoms with E-state index >= 15 is 0 Å². The van der Waals surface area contributed by atoms with Crippen LogP contribution in [0, 0.1) is 0 Å². The molecular formula is C18H22N2O7. The summed E-state index contributed by atoms with van der Waals surface area (Å²) in [4.78, 5) is 37.0. The highest BCUT2D eigenvalue weighted by Crippen LogP contribution is 2.23. The monoisotopic (exact) mass is 378 g/mol. The average molecular weight is 378 g/mol. The van der Waals surface area contributed by atoms with Crippen molar-refractivity contribution in [1.82, 2.24) is 10.2 Å². The number of nitrogens with one attached hydrogen (secondary N) is 1. The second kappa shape index (κ2) is 8.36. The average Bonchev–Trinajstić information content (AvgIpc) is 3.27. The number of esters is 1. The smallest absolute Gasteiger partial charge is 0.410 e. The topological polar surface area (TPSA) is 125 Å². The Balaban J connectivity index is 1.56. The lowest BCUT2D eigenvalue weighted by Crippen LogP contribution is -2.41. The van der Waals surface area contributed by atoms with E-state index in [0.717, 1.165) is 10.5 Å². The van der Waals surface area contributed by atoms with Crippen LogP contribution in [0.1, 0.15) is 18.4 Å². The second-order valence-corrected chi connectivity index (χ2v) is 6.69. The summed E-state index contributed by atoms with van der Waals surface area (Å²) in [5, 5.41) is 21.7. The van der Waals surface area contributed by atoms with E-state index < -0.39 is 42.3 Å². The van der Waals surface area contributed by atoms with Gasteiger partial charge in [-0.25, -0.2) is 9.59 Å². The Morgan fingerprint density at radius 2 is 1.93 bits per heavy atom. The molecule has 1 amide bonds. The molecule has 4 atom stereocenters. The number of amides is 1. The van der Waals surface area contributed by atoms with Gasteiger partial charge in [0.1, 0.15) is 24.8 Å². The molecule has 9 heteroatoms. The molecule has 2 aliphatic heterocycles. The number of ether oxygens (including phenoxy) is 2. The Kier molecular flexibility index (Phi) is 5.92. The number of hydrogen-bond donors (Lipinski definition) is 3. The zero-order valence-corrected chi connectivity index (χ0v) is 14.6. The lowest BCUT2D eigenvalue weighted by Gasteiger charge is -2.20. The van der Waals surface area contributed by atoms with Crippen molar-refractivity contribution >= 4 is 18.0 Å². The zero-order chi connectivity index (χ0) is 19.4. The summed E-state index contributed by atoms with van der Waals surface area (Å²) in [6.45, 7) is 0.280. The predicted molar refractivity (Wildman–Crippen MR) is 91.7 cm³/mol. The molecule has 0 aromatic heterocycles.